The van der Waals surface area contributed by atoms with Gasteiger partial charge in [0.25, 0.3) is 0 Å². The van der Waals surface area contributed by atoms with Gasteiger partial charge in [0.1, 0.15) is 5.82 Å². The standard InChI is InChI=1S/C24H30FNO2/c1-16-15-21(20-11-8-12-22(25)17(20)2)23(18(3)26(16)13-14-28-4)24(27)19-9-6-5-7-10-19/h5-12,16,18,21,23H,13-15H2,1-4H3/t16-,18-,21+,23-/m1/s1. The monoisotopic (exact) mass is 383 g/mol. The predicted octanol–water partition coefficient (Wildman–Crippen LogP) is 4.85. The molecule has 1 aliphatic rings. The van der Waals surface area contributed by atoms with Gasteiger partial charge in [-0.25, -0.2) is 4.39 Å². The van der Waals surface area contributed by atoms with E-state index in [0.29, 0.717) is 12.2 Å². The van der Waals surface area contributed by atoms with Gasteiger partial charge in [0.2, 0.25) is 0 Å². The Bertz CT molecular complexity index is 808. The summed E-state index contributed by atoms with van der Waals surface area (Å²) in [6.45, 7) is 7.55. The van der Waals surface area contributed by atoms with E-state index in [1.165, 1.54) is 6.07 Å². The highest BCUT2D eigenvalue weighted by Crippen LogP contribution is 2.42. The van der Waals surface area contributed by atoms with Gasteiger partial charge in [-0.2, -0.15) is 0 Å². The molecule has 4 heteroatoms. The highest BCUT2D eigenvalue weighted by atomic mass is 19.1. The second kappa shape index (κ2) is 8.97. The molecule has 28 heavy (non-hydrogen) atoms. The number of carbonyl (C=O) groups excluding carboxylic acids is 1. The number of nitrogens with zero attached hydrogens (tertiary/aromatic N) is 1. The molecule has 0 N–H and O–H groups in total. The summed E-state index contributed by atoms with van der Waals surface area (Å²) in [7, 11) is 1.70. The zero-order valence-electron chi connectivity index (χ0n) is 17.2. The van der Waals surface area contributed by atoms with Crippen molar-refractivity contribution in [1.29, 1.82) is 0 Å². The van der Waals surface area contributed by atoms with Crippen LogP contribution in [0.25, 0.3) is 0 Å². The molecule has 0 amide bonds. The van der Waals surface area contributed by atoms with Crippen LogP contribution in [0.3, 0.4) is 0 Å². The van der Waals surface area contributed by atoms with Gasteiger partial charge in [-0.1, -0.05) is 42.5 Å². The van der Waals surface area contributed by atoms with Gasteiger partial charge in [0.05, 0.1) is 6.61 Å². The summed E-state index contributed by atoms with van der Waals surface area (Å²) in [5.41, 5.74) is 2.34. The van der Waals surface area contributed by atoms with Crippen molar-refractivity contribution in [1.82, 2.24) is 4.90 Å². The summed E-state index contributed by atoms with van der Waals surface area (Å²) in [6.07, 6.45) is 0.821. The Kier molecular flexibility index (Phi) is 6.63. The lowest BCUT2D eigenvalue weighted by Crippen LogP contribution is -2.54. The maximum absolute atomic E-state index is 14.3. The highest BCUT2D eigenvalue weighted by Gasteiger charge is 2.44. The number of ether oxygens (including phenoxy) is 1. The first kappa shape index (κ1) is 20.7. The zero-order chi connectivity index (χ0) is 20.3. The molecule has 0 radical (unpaired) electrons. The van der Waals surface area contributed by atoms with Gasteiger partial charge >= 0.3 is 0 Å². The average Bonchev–Trinajstić information content (AvgIpc) is 2.70. The van der Waals surface area contributed by atoms with Crippen LogP contribution in [-0.4, -0.2) is 43.0 Å². The van der Waals surface area contributed by atoms with Crippen molar-refractivity contribution >= 4 is 5.78 Å². The van der Waals surface area contributed by atoms with Gasteiger partial charge in [-0.15, -0.1) is 0 Å². The molecule has 0 unspecified atom stereocenters. The van der Waals surface area contributed by atoms with E-state index < -0.39 is 0 Å². The number of hydrogen-bond donors (Lipinski definition) is 0. The number of likely N-dealkylation sites (tertiary alicyclic amines) is 1. The smallest absolute Gasteiger partial charge is 0.168 e. The lowest BCUT2D eigenvalue weighted by molar-refractivity contribution is 0.0217. The number of hydrogen-bond acceptors (Lipinski definition) is 3. The number of rotatable bonds is 6. The number of carbonyl (C=O) groups is 1. The molecular weight excluding hydrogens is 353 g/mol. The van der Waals surface area contributed by atoms with Crippen molar-refractivity contribution in [2.75, 3.05) is 20.3 Å². The Morgan fingerprint density at radius 2 is 1.86 bits per heavy atom. The van der Waals surface area contributed by atoms with Crippen molar-refractivity contribution in [3.8, 4) is 0 Å². The van der Waals surface area contributed by atoms with Crippen LogP contribution >= 0.6 is 0 Å². The first-order chi connectivity index (χ1) is 13.5. The third-order valence-electron chi connectivity index (χ3n) is 6.26. The minimum atomic E-state index is -0.226. The number of methoxy groups -OCH3 is 1. The molecule has 3 rings (SSSR count). The SMILES string of the molecule is COCCN1[C@H](C)C[C@@H](c2cccc(F)c2C)[C@H](C(=O)c2ccccc2)[C@H]1C. The maximum atomic E-state index is 14.3. The second-order valence-corrected chi connectivity index (χ2v) is 7.87. The van der Waals surface area contributed by atoms with E-state index in [1.807, 2.05) is 43.3 Å². The van der Waals surface area contributed by atoms with Gasteiger partial charge in [-0.3, -0.25) is 9.69 Å². The highest BCUT2D eigenvalue weighted by molar-refractivity contribution is 5.99. The van der Waals surface area contributed by atoms with Crippen LogP contribution in [0.5, 0.6) is 0 Å². The number of benzene rings is 2. The minimum Gasteiger partial charge on any atom is -0.383 e. The summed E-state index contributed by atoms with van der Waals surface area (Å²) < 4.78 is 19.6. The fraction of sp³-hybridized carbons (Fsp3) is 0.458. The number of ketones is 1. The molecule has 0 saturated carbocycles. The molecule has 1 aliphatic heterocycles. The molecule has 1 saturated heterocycles. The quantitative estimate of drug-likeness (QED) is 0.668. The zero-order valence-corrected chi connectivity index (χ0v) is 17.2. The third-order valence-corrected chi connectivity index (χ3v) is 6.26. The summed E-state index contributed by atoms with van der Waals surface area (Å²) >= 11 is 0. The lowest BCUT2D eigenvalue weighted by atomic mass is 9.70. The summed E-state index contributed by atoms with van der Waals surface area (Å²) in [6, 6.07) is 15.0. The normalized spacial score (nSPS) is 25.6. The minimum absolute atomic E-state index is 0.00722. The molecule has 2 aromatic carbocycles. The first-order valence-electron chi connectivity index (χ1n) is 10.0. The molecule has 0 aliphatic carbocycles. The fourth-order valence-corrected chi connectivity index (χ4v) is 4.76. The Morgan fingerprint density at radius 1 is 1.14 bits per heavy atom. The van der Waals surface area contributed by atoms with E-state index in [-0.39, 0.29) is 35.5 Å². The van der Waals surface area contributed by atoms with Crippen LogP contribution in [0.2, 0.25) is 0 Å². The van der Waals surface area contributed by atoms with Crippen molar-refractivity contribution in [2.24, 2.45) is 5.92 Å². The number of Topliss-reactive ketones (excluding diaryl/α,β-unsaturated/α-hetero) is 1. The van der Waals surface area contributed by atoms with Crippen molar-refractivity contribution in [2.45, 2.75) is 45.2 Å². The Hall–Kier alpha value is -2.04. The third kappa shape index (κ3) is 4.03. The fourth-order valence-electron chi connectivity index (χ4n) is 4.76. The number of halogens is 1. The van der Waals surface area contributed by atoms with E-state index >= 15 is 0 Å². The number of piperidine rings is 1. The van der Waals surface area contributed by atoms with Crippen molar-refractivity contribution in [3.05, 3.63) is 71.0 Å². The van der Waals surface area contributed by atoms with E-state index in [1.54, 1.807) is 13.2 Å². The Morgan fingerprint density at radius 3 is 2.54 bits per heavy atom. The van der Waals surface area contributed by atoms with Gasteiger partial charge in [0.15, 0.2) is 5.78 Å². The van der Waals surface area contributed by atoms with Gasteiger partial charge in [0, 0.05) is 37.2 Å². The summed E-state index contributed by atoms with van der Waals surface area (Å²) in [4.78, 5) is 15.9. The molecule has 0 aromatic heterocycles. The molecular formula is C24H30FNO2. The van der Waals surface area contributed by atoms with E-state index in [9.17, 15) is 9.18 Å². The van der Waals surface area contributed by atoms with Gasteiger partial charge < -0.3 is 4.74 Å². The largest absolute Gasteiger partial charge is 0.383 e. The molecule has 1 fully saturated rings. The molecule has 3 nitrogen and oxygen atoms in total. The summed E-state index contributed by atoms with van der Waals surface area (Å²) in [5.74, 6) is -0.301. The van der Waals surface area contributed by atoms with E-state index in [0.717, 1.165) is 24.1 Å². The summed E-state index contributed by atoms with van der Waals surface area (Å²) in [5, 5.41) is 0. The van der Waals surface area contributed by atoms with E-state index in [2.05, 4.69) is 18.7 Å². The topological polar surface area (TPSA) is 29.5 Å². The Labute approximate surface area is 167 Å². The molecule has 150 valence electrons. The van der Waals surface area contributed by atoms with Crippen molar-refractivity contribution < 1.29 is 13.9 Å². The first-order valence-corrected chi connectivity index (χ1v) is 10.0. The van der Waals surface area contributed by atoms with Crippen LogP contribution in [0, 0.1) is 18.7 Å². The average molecular weight is 384 g/mol. The van der Waals surface area contributed by atoms with Crippen LogP contribution in [0.1, 0.15) is 47.7 Å². The second-order valence-electron chi connectivity index (χ2n) is 7.87. The Balaban J connectivity index is 2.03. The van der Waals surface area contributed by atoms with Crippen LogP contribution in [0.4, 0.5) is 4.39 Å². The lowest BCUT2D eigenvalue weighted by Gasteiger charge is -2.48. The molecule has 0 bridgehead atoms. The van der Waals surface area contributed by atoms with Crippen LogP contribution in [-0.2, 0) is 4.74 Å². The van der Waals surface area contributed by atoms with E-state index in [4.69, 9.17) is 4.74 Å². The molecule has 1 heterocycles. The van der Waals surface area contributed by atoms with Crippen LogP contribution in [0.15, 0.2) is 48.5 Å². The van der Waals surface area contributed by atoms with Crippen LogP contribution < -0.4 is 0 Å². The molecule has 4 atom stereocenters. The van der Waals surface area contributed by atoms with Gasteiger partial charge in [-0.05, 0) is 50.3 Å². The maximum Gasteiger partial charge on any atom is 0.168 e. The molecule has 0 spiro atoms. The predicted molar refractivity (Wildman–Crippen MR) is 110 cm³/mol. The molecule has 2 aromatic rings. The van der Waals surface area contributed by atoms with Crippen molar-refractivity contribution in [3.63, 3.8) is 0 Å².